The molecule has 5 heteroatoms. The van der Waals surface area contributed by atoms with Crippen molar-refractivity contribution >= 4 is 6.03 Å². The minimum absolute atomic E-state index is 0.146. The van der Waals surface area contributed by atoms with Crippen molar-refractivity contribution in [2.45, 2.75) is 64.5 Å². The molecule has 0 aromatic carbocycles. The summed E-state index contributed by atoms with van der Waals surface area (Å²) in [6, 6.07) is 0.128. The summed E-state index contributed by atoms with van der Waals surface area (Å²) in [6.45, 7) is 7.90. The van der Waals surface area contributed by atoms with E-state index >= 15 is 0 Å². The van der Waals surface area contributed by atoms with Gasteiger partial charge in [-0.05, 0) is 32.2 Å². The fourth-order valence-corrected chi connectivity index (χ4v) is 2.56. The number of piperidine rings is 1. The van der Waals surface area contributed by atoms with Crippen LogP contribution in [0, 0.1) is 0 Å². The van der Waals surface area contributed by atoms with Gasteiger partial charge < -0.3 is 20.6 Å². The smallest absolute Gasteiger partial charge is 0.315 e. The van der Waals surface area contributed by atoms with Gasteiger partial charge in [-0.1, -0.05) is 26.7 Å². The Morgan fingerprint density at radius 1 is 1.30 bits per heavy atom. The van der Waals surface area contributed by atoms with E-state index in [2.05, 4.69) is 22.5 Å². The molecule has 5 nitrogen and oxygen atoms in total. The Balaban J connectivity index is 2.11. The molecule has 1 heterocycles. The Hall–Kier alpha value is -0.810. The Morgan fingerprint density at radius 2 is 2.00 bits per heavy atom. The van der Waals surface area contributed by atoms with Gasteiger partial charge in [-0.3, -0.25) is 0 Å². The number of nitrogens with zero attached hydrogens (tertiary/aromatic N) is 1. The summed E-state index contributed by atoms with van der Waals surface area (Å²) in [5.41, 5.74) is 0. The summed E-state index contributed by atoms with van der Waals surface area (Å²) in [5.74, 6) is 0. The molecule has 0 saturated carbocycles. The standard InChI is InChI=1S/C15H31N3O2/c1-3-5-9-18-10-7-13(8-11-18)17-15(20)16-12-14(19)6-4-2/h13-14,19H,3-12H2,1-2H3,(H2,16,17,20). The van der Waals surface area contributed by atoms with E-state index in [1.54, 1.807) is 0 Å². The second-order valence-electron chi connectivity index (χ2n) is 5.77. The molecule has 3 N–H and O–H groups in total. The SMILES string of the molecule is CCCCN1CCC(NC(=O)NCC(O)CCC)CC1. The first-order valence-electron chi connectivity index (χ1n) is 8.10. The first-order chi connectivity index (χ1) is 9.65. The van der Waals surface area contributed by atoms with Crippen LogP contribution in [0.15, 0.2) is 0 Å². The van der Waals surface area contributed by atoms with Gasteiger partial charge in [0.05, 0.1) is 6.10 Å². The first-order valence-corrected chi connectivity index (χ1v) is 8.10. The third-order valence-electron chi connectivity index (χ3n) is 3.87. The average Bonchev–Trinajstić information content (AvgIpc) is 2.45. The second-order valence-corrected chi connectivity index (χ2v) is 5.77. The van der Waals surface area contributed by atoms with Crippen LogP contribution in [-0.2, 0) is 0 Å². The van der Waals surface area contributed by atoms with Crippen molar-refractivity contribution in [2.24, 2.45) is 0 Å². The van der Waals surface area contributed by atoms with Gasteiger partial charge in [0.15, 0.2) is 0 Å². The van der Waals surface area contributed by atoms with E-state index in [9.17, 15) is 9.90 Å². The second kappa shape index (κ2) is 10.00. The van der Waals surface area contributed by atoms with E-state index in [1.807, 2.05) is 6.92 Å². The molecule has 0 bridgehead atoms. The Bertz CT molecular complexity index is 266. The summed E-state index contributed by atoms with van der Waals surface area (Å²) in [6.07, 6.45) is 5.77. The summed E-state index contributed by atoms with van der Waals surface area (Å²) in [5, 5.41) is 15.3. The number of carbonyl (C=O) groups excluding carboxylic acids is 1. The van der Waals surface area contributed by atoms with Crippen molar-refractivity contribution in [2.75, 3.05) is 26.2 Å². The molecule has 0 aromatic rings. The highest BCUT2D eigenvalue weighted by atomic mass is 16.3. The van der Waals surface area contributed by atoms with Gasteiger partial charge in [0.2, 0.25) is 0 Å². The normalized spacial score (nSPS) is 18.8. The number of carbonyl (C=O) groups is 1. The summed E-state index contributed by atoms with van der Waals surface area (Å²) in [7, 11) is 0. The predicted octanol–water partition coefficient (Wildman–Crippen LogP) is 1.71. The molecule has 0 aliphatic carbocycles. The summed E-state index contributed by atoms with van der Waals surface area (Å²) >= 11 is 0. The van der Waals surface area contributed by atoms with Gasteiger partial charge in [-0.2, -0.15) is 0 Å². The number of hydrogen-bond donors (Lipinski definition) is 3. The quantitative estimate of drug-likeness (QED) is 0.636. The van der Waals surface area contributed by atoms with Gasteiger partial charge in [0, 0.05) is 25.7 Å². The van der Waals surface area contributed by atoms with Crippen molar-refractivity contribution in [3.8, 4) is 0 Å². The van der Waals surface area contributed by atoms with Crippen LogP contribution in [0.1, 0.15) is 52.4 Å². The van der Waals surface area contributed by atoms with Crippen molar-refractivity contribution in [3.05, 3.63) is 0 Å². The summed E-state index contributed by atoms with van der Waals surface area (Å²) < 4.78 is 0. The number of rotatable bonds is 8. The lowest BCUT2D eigenvalue weighted by Crippen LogP contribution is -2.49. The molecule has 1 aliphatic rings. The Morgan fingerprint density at radius 3 is 2.60 bits per heavy atom. The van der Waals surface area contributed by atoms with Gasteiger partial charge in [0.1, 0.15) is 0 Å². The van der Waals surface area contributed by atoms with E-state index in [-0.39, 0.29) is 12.1 Å². The number of amides is 2. The predicted molar refractivity (Wildman–Crippen MR) is 81.8 cm³/mol. The zero-order valence-corrected chi connectivity index (χ0v) is 13.0. The molecule has 1 saturated heterocycles. The molecule has 2 amide bonds. The van der Waals surface area contributed by atoms with Crippen molar-refractivity contribution < 1.29 is 9.90 Å². The molecule has 0 spiro atoms. The van der Waals surface area contributed by atoms with Crippen LogP contribution < -0.4 is 10.6 Å². The van der Waals surface area contributed by atoms with Gasteiger partial charge in [-0.15, -0.1) is 0 Å². The van der Waals surface area contributed by atoms with E-state index in [1.165, 1.54) is 19.4 Å². The van der Waals surface area contributed by atoms with Crippen LogP contribution in [0.4, 0.5) is 4.79 Å². The highest BCUT2D eigenvalue weighted by Crippen LogP contribution is 2.10. The summed E-state index contributed by atoms with van der Waals surface area (Å²) in [4.78, 5) is 14.2. The molecule has 1 rings (SSSR count). The van der Waals surface area contributed by atoms with Crippen LogP contribution >= 0.6 is 0 Å². The molecular formula is C15H31N3O2. The van der Waals surface area contributed by atoms with E-state index in [0.29, 0.717) is 6.54 Å². The van der Waals surface area contributed by atoms with Crippen molar-refractivity contribution in [3.63, 3.8) is 0 Å². The van der Waals surface area contributed by atoms with E-state index in [4.69, 9.17) is 0 Å². The van der Waals surface area contributed by atoms with Crippen LogP contribution in [0.3, 0.4) is 0 Å². The van der Waals surface area contributed by atoms with Crippen LogP contribution in [0.25, 0.3) is 0 Å². The lowest BCUT2D eigenvalue weighted by Gasteiger charge is -2.32. The monoisotopic (exact) mass is 285 g/mol. The maximum absolute atomic E-state index is 11.7. The molecule has 1 aliphatic heterocycles. The van der Waals surface area contributed by atoms with Crippen molar-refractivity contribution in [1.82, 2.24) is 15.5 Å². The largest absolute Gasteiger partial charge is 0.391 e. The fraction of sp³-hybridized carbons (Fsp3) is 0.933. The molecular weight excluding hydrogens is 254 g/mol. The Kier molecular flexibility index (Phi) is 8.62. The van der Waals surface area contributed by atoms with Gasteiger partial charge in [0.25, 0.3) is 0 Å². The minimum Gasteiger partial charge on any atom is -0.391 e. The van der Waals surface area contributed by atoms with Crippen LogP contribution in [-0.4, -0.2) is 54.4 Å². The molecule has 1 atom stereocenters. The molecule has 118 valence electrons. The molecule has 1 fully saturated rings. The minimum atomic E-state index is -0.429. The molecule has 0 radical (unpaired) electrons. The number of hydrogen-bond acceptors (Lipinski definition) is 3. The molecule has 0 aromatic heterocycles. The number of unbranched alkanes of at least 4 members (excludes halogenated alkanes) is 1. The average molecular weight is 285 g/mol. The van der Waals surface area contributed by atoms with Crippen molar-refractivity contribution in [1.29, 1.82) is 0 Å². The maximum Gasteiger partial charge on any atom is 0.315 e. The number of urea groups is 1. The number of aliphatic hydroxyl groups is 1. The third-order valence-corrected chi connectivity index (χ3v) is 3.87. The lowest BCUT2D eigenvalue weighted by atomic mass is 10.0. The number of likely N-dealkylation sites (tertiary alicyclic amines) is 1. The van der Waals surface area contributed by atoms with E-state index in [0.717, 1.165) is 38.8 Å². The topological polar surface area (TPSA) is 64.6 Å². The zero-order chi connectivity index (χ0) is 14.8. The highest BCUT2D eigenvalue weighted by Gasteiger charge is 2.20. The molecule has 20 heavy (non-hydrogen) atoms. The lowest BCUT2D eigenvalue weighted by molar-refractivity contribution is 0.157. The first kappa shape index (κ1) is 17.2. The fourth-order valence-electron chi connectivity index (χ4n) is 2.56. The van der Waals surface area contributed by atoms with Gasteiger partial charge >= 0.3 is 6.03 Å². The Labute approximate surface area is 123 Å². The van der Waals surface area contributed by atoms with E-state index < -0.39 is 6.10 Å². The number of aliphatic hydroxyl groups excluding tert-OH is 1. The maximum atomic E-state index is 11.7. The van der Waals surface area contributed by atoms with Gasteiger partial charge in [-0.25, -0.2) is 4.79 Å². The highest BCUT2D eigenvalue weighted by molar-refractivity contribution is 5.74. The van der Waals surface area contributed by atoms with Crippen LogP contribution in [0.2, 0.25) is 0 Å². The third kappa shape index (κ3) is 7.10. The van der Waals surface area contributed by atoms with Crippen LogP contribution in [0.5, 0.6) is 0 Å². The number of nitrogens with one attached hydrogen (secondary N) is 2. The molecule has 1 unspecified atom stereocenters. The zero-order valence-electron chi connectivity index (χ0n) is 13.0.